The highest BCUT2D eigenvalue weighted by atomic mass is 16.2. The lowest BCUT2D eigenvalue weighted by atomic mass is 9.49. The van der Waals surface area contributed by atoms with Crippen molar-refractivity contribution in [2.24, 2.45) is 23.2 Å². The fourth-order valence-electron chi connectivity index (χ4n) is 6.74. The third-order valence-electron chi connectivity index (χ3n) is 7.50. The molecule has 1 aliphatic heterocycles. The SMILES string of the molecule is O=C1c2cccc3cccc(c23)C(=O)N1NC(=O)C12CC3CC(CC(C3)C1)C2. The van der Waals surface area contributed by atoms with Crippen LogP contribution in [0.4, 0.5) is 0 Å². The Kier molecular flexibility index (Phi) is 3.16. The Bertz CT molecular complexity index is 971. The van der Waals surface area contributed by atoms with Crippen LogP contribution >= 0.6 is 0 Å². The number of hydrazine groups is 1. The number of imide groups is 1. The Morgan fingerprint density at radius 1 is 0.857 bits per heavy atom. The Morgan fingerprint density at radius 2 is 1.36 bits per heavy atom. The van der Waals surface area contributed by atoms with Gasteiger partial charge in [0.15, 0.2) is 0 Å². The Balaban J connectivity index is 1.35. The second kappa shape index (κ2) is 5.43. The summed E-state index contributed by atoms with van der Waals surface area (Å²) in [5.41, 5.74) is 3.29. The van der Waals surface area contributed by atoms with Crippen LogP contribution in [0.1, 0.15) is 59.2 Å². The van der Waals surface area contributed by atoms with Crippen molar-refractivity contribution in [1.29, 1.82) is 0 Å². The van der Waals surface area contributed by atoms with Crippen molar-refractivity contribution >= 4 is 28.5 Å². The number of hydrogen-bond acceptors (Lipinski definition) is 3. The zero-order valence-electron chi connectivity index (χ0n) is 15.6. The summed E-state index contributed by atoms with van der Waals surface area (Å²) in [5.74, 6) is 0.859. The summed E-state index contributed by atoms with van der Waals surface area (Å²) in [6, 6.07) is 10.9. The molecule has 4 fully saturated rings. The summed E-state index contributed by atoms with van der Waals surface area (Å²) >= 11 is 0. The molecule has 5 heteroatoms. The number of amides is 3. The Hall–Kier alpha value is -2.69. The van der Waals surface area contributed by atoms with Crippen molar-refractivity contribution in [2.75, 3.05) is 0 Å². The van der Waals surface area contributed by atoms with E-state index in [-0.39, 0.29) is 5.91 Å². The summed E-state index contributed by atoms with van der Waals surface area (Å²) in [7, 11) is 0. The van der Waals surface area contributed by atoms with Crippen molar-refractivity contribution in [3.05, 3.63) is 47.5 Å². The molecule has 4 aliphatic carbocycles. The van der Waals surface area contributed by atoms with E-state index in [2.05, 4.69) is 5.43 Å². The van der Waals surface area contributed by atoms with Crippen molar-refractivity contribution in [2.45, 2.75) is 38.5 Å². The molecular weight excluding hydrogens is 352 g/mol. The lowest BCUT2D eigenvalue weighted by molar-refractivity contribution is -0.149. The normalized spacial score (nSPS) is 32.9. The van der Waals surface area contributed by atoms with Gasteiger partial charge in [-0.05, 0) is 73.8 Å². The van der Waals surface area contributed by atoms with E-state index in [1.165, 1.54) is 19.3 Å². The van der Waals surface area contributed by atoms with Crippen LogP contribution in [0.2, 0.25) is 0 Å². The number of nitrogens with zero attached hydrogens (tertiary/aromatic N) is 1. The van der Waals surface area contributed by atoms with Crippen LogP contribution in [-0.4, -0.2) is 22.7 Å². The van der Waals surface area contributed by atoms with Crippen LogP contribution in [0.3, 0.4) is 0 Å². The molecule has 2 aromatic rings. The number of hydrogen-bond donors (Lipinski definition) is 1. The molecule has 28 heavy (non-hydrogen) atoms. The minimum atomic E-state index is -0.438. The van der Waals surface area contributed by atoms with E-state index >= 15 is 0 Å². The molecule has 0 radical (unpaired) electrons. The topological polar surface area (TPSA) is 66.5 Å². The number of carbonyl (C=O) groups excluding carboxylic acids is 3. The first-order valence-corrected chi connectivity index (χ1v) is 10.3. The standard InChI is InChI=1S/C23H22N2O3/c26-20-17-5-1-3-16-4-2-6-18(19(16)17)21(27)25(20)24-22(28)23-10-13-7-14(11-23)9-15(8-13)12-23/h1-6,13-15H,7-12H2,(H,24,28). The molecule has 7 rings (SSSR count). The first kappa shape index (κ1) is 16.3. The lowest BCUT2D eigenvalue weighted by Crippen LogP contribution is -2.59. The minimum absolute atomic E-state index is 0.139. The molecule has 1 heterocycles. The molecule has 0 spiro atoms. The molecule has 0 saturated heterocycles. The summed E-state index contributed by atoms with van der Waals surface area (Å²) in [4.78, 5) is 39.5. The maximum atomic E-state index is 13.4. The highest BCUT2D eigenvalue weighted by molar-refractivity contribution is 6.25. The van der Waals surface area contributed by atoms with E-state index in [1.807, 2.05) is 24.3 Å². The molecule has 0 atom stereocenters. The van der Waals surface area contributed by atoms with Crippen LogP contribution in [0.25, 0.3) is 10.8 Å². The molecule has 0 aromatic heterocycles. The molecule has 4 bridgehead atoms. The molecular formula is C23H22N2O3. The van der Waals surface area contributed by atoms with Gasteiger partial charge in [-0.3, -0.25) is 19.8 Å². The van der Waals surface area contributed by atoms with Gasteiger partial charge in [0, 0.05) is 5.39 Å². The quantitative estimate of drug-likeness (QED) is 0.816. The van der Waals surface area contributed by atoms with Crippen molar-refractivity contribution in [3.8, 4) is 0 Å². The minimum Gasteiger partial charge on any atom is -0.273 e. The van der Waals surface area contributed by atoms with Gasteiger partial charge in [-0.15, -0.1) is 0 Å². The van der Waals surface area contributed by atoms with Gasteiger partial charge in [-0.2, -0.15) is 5.01 Å². The van der Waals surface area contributed by atoms with E-state index in [9.17, 15) is 14.4 Å². The second-order valence-corrected chi connectivity index (χ2v) is 9.29. The highest BCUT2D eigenvalue weighted by Gasteiger charge is 2.55. The smallest absolute Gasteiger partial charge is 0.273 e. The number of benzene rings is 2. The summed E-state index contributed by atoms with van der Waals surface area (Å²) in [6.45, 7) is 0. The van der Waals surface area contributed by atoms with Crippen LogP contribution in [0, 0.1) is 23.2 Å². The molecule has 0 unspecified atom stereocenters. The van der Waals surface area contributed by atoms with Crippen LogP contribution in [-0.2, 0) is 4.79 Å². The summed E-state index contributed by atoms with van der Waals surface area (Å²) in [5, 5.41) is 2.50. The number of carbonyl (C=O) groups is 3. The van der Waals surface area contributed by atoms with Gasteiger partial charge in [-0.25, -0.2) is 0 Å². The maximum absolute atomic E-state index is 13.4. The summed E-state index contributed by atoms with van der Waals surface area (Å²) in [6.07, 6.45) is 6.41. The molecule has 1 N–H and O–H groups in total. The van der Waals surface area contributed by atoms with E-state index in [4.69, 9.17) is 0 Å². The second-order valence-electron chi connectivity index (χ2n) is 9.29. The zero-order valence-corrected chi connectivity index (χ0v) is 15.6. The average Bonchev–Trinajstić information content (AvgIpc) is 2.68. The number of nitrogens with one attached hydrogen (secondary N) is 1. The van der Waals surface area contributed by atoms with Gasteiger partial charge in [0.25, 0.3) is 11.8 Å². The first-order chi connectivity index (χ1) is 13.5. The lowest BCUT2D eigenvalue weighted by Gasteiger charge is -2.55. The van der Waals surface area contributed by atoms with E-state index < -0.39 is 17.2 Å². The van der Waals surface area contributed by atoms with Gasteiger partial charge < -0.3 is 0 Å². The van der Waals surface area contributed by atoms with Crippen LogP contribution in [0.5, 0.6) is 0 Å². The Morgan fingerprint density at radius 3 is 1.86 bits per heavy atom. The molecule has 5 aliphatic rings. The third-order valence-corrected chi connectivity index (χ3v) is 7.50. The van der Waals surface area contributed by atoms with Crippen molar-refractivity contribution < 1.29 is 14.4 Å². The predicted molar refractivity (Wildman–Crippen MR) is 103 cm³/mol. The first-order valence-electron chi connectivity index (χ1n) is 10.3. The van der Waals surface area contributed by atoms with E-state index in [0.717, 1.165) is 29.7 Å². The van der Waals surface area contributed by atoms with Gasteiger partial charge in [0.05, 0.1) is 16.5 Å². The van der Waals surface area contributed by atoms with Crippen molar-refractivity contribution in [1.82, 2.24) is 10.4 Å². The average molecular weight is 374 g/mol. The molecule has 142 valence electrons. The Labute approximate surface area is 163 Å². The molecule has 2 aromatic carbocycles. The monoisotopic (exact) mass is 374 g/mol. The molecule has 4 saturated carbocycles. The highest BCUT2D eigenvalue weighted by Crippen LogP contribution is 2.60. The van der Waals surface area contributed by atoms with Gasteiger partial charge in [-0.1, -0.05) is 24.3 Å². The van der Waals surface area contributed by atoms with Gasteiger partial charge >= 0.3 is 0 Å². The van der Waals surface area contributed by atoms with Gasteiger partial charge in [0.2, 0.25) is 5.91 Å². The fourth-order valence-corrected chi connectivity index (χ4v) is 6.74. The van der Waals surface area contributed by atoms with Crippen LogP contribution in [0.15, 0.2) is 36.4 Å². The molecule has 5 nitrogen and oxygen atoms in total. The predicted octanol–water partition coefficient (Wildman–Crippen LogP) is 3.68. The largest absolute Gasteiger partial charge is 0.280 e. The van der Waals surface area contributed by atoms with Crippen LogP contribution < -0.4 is 5.43 Å². The number of rotatable bonds is 2. The fraction of sp³-hybridized carbons (Fsp3) is 0.435. The van der Waals surface area contributed by atoms with E-state index in [1.54, 1.807) is 12.1 Å². The maximum Gasteiger partial charge on any atom is 0.280 e. The third kappa shape index (κ3) is 2.10. The van der Waals surface area contributed by atoms with Crippen molar-refractivity contribution in [3.63, 3.8) is 0 Å². The van der Waals surface area contributed by atoms with E-state index in [0.29, 0.717) is 34.3 Å². The summed E-state index contributed by atoms with van der Waals surface area (Å²) < 4.78 is 0. The van der Waals surface area contributed by atoms with Gasteiger partial charge in [0.1, 0.15) is 0 Å². The zero-order chi connectivity index (χ0) is 19.0. The molecule has 3 amide bonds.